The second-order valence-electron chi connectivity index (χ2n) is 11.3. The first kappa shape index (κ1) is 55.7. The molecule has 0 aliphatic heterocycles. The van der Waals surface area contributed by atoms with Crippen molar-refractivity contribution in [1.29, 1.82) is 0 Å². The highest BCUT2D eigenvalue weighted by Gasteiger charge is 3.01. The molecule has 0 rings (SSSR count). The van der Waals surface area contributed by atoms with Crippen LogP contribution in [0.5, 0.6) is 0 Å². The molecule has 0 spiro atoms. The van der Waals surface area contributed by atoms with Crippen LogP contribution < -0.4 is 5.32 Å². The third-order valence-corrected chi connectivity index (χ3v) is 9.12. The van der Waals surface area contributed by atoms with Gasteiger partial charge in [0.1, 0.15) is 6.10 Å². The monoisotopic (exact) mass is 961 g/mol. The van der Waals surface area contributed by atoms with Crippen molar-refractivity contribution in [3.63, 3.8) is 0 Å². The molecule has 0 aliphatic carbocycles. The summed E-state index contributed by atoms with van der Waals surface area (Å²) in [6, 6.07) is 0. The van der Waals surface area contributed by atoms with Crippen LogP contribution in [0.4, 0.5) is 127 Å². The van der Waals surface area contributed by atoms with Gasteiger partial charge in [0.05, 0.1) is 5.75 Å². The molecule has 37 heteroatoms. The lowest BCUT2D eigenvalue weighted by Gasteiger charge is -2.46. The molecular weight excluding hydrogens is 945 g/mol. The molecule has 58 heavy (non-hydrogen) atoms. The first-order valence-electron chi connectivity index (χ1n) is 13.4. The molecule has 0 aromatic carbocycles. The molecule has 0 fully saturated rings. The Morgan fingerprint density at radius 2 is 0.638 bits per heavy atom. The normalized spacial score (nSPS) is 17.2. The van der Waals surface area contributed by atoms with E-state index in [0.29, 0.717) is 0 Å². The van der Waals surface area contributed by atoms with Crippen molar-refractivity contribution >= 4 is 9.84 Å². The molecule has 0 radical (unpaired) electrons. The number of nitrogens with one attached hydrogen (secondary N) is 1. The van der Waals surface area contributed by atoms with Crippen LogP contribution in [-0.4, -0.2) is 142 Å². The van der Waals surface area contributed by atoms with E-state index in [1.807, 2.05) is 0 Å². The van der Waals surface area contributed by atoms with E-state index >= 15 is 0 Å². The van der Waals surface area contributed by atoms with Crippen LogP contribution in [0.2, 0.25) is 0 Å². The van der Waals surface area contributed by atoms with Crippen LogP contribution in [0.15, 0.2) is 0 Å². The van der Waals surface area contributed by atoms with Crippen molar-refractivity contribution < 1.29 is 156 Å². The van der Waals surface area contributed by atoms with Crippen LogP contribution in [0, 0.1) is 0 Å². The Morgan fingerprint density at radius 1 is 0.397 bits per heavy atom. The van der Waals surface area contributed by atoms with Crippen LogP contribution in [0.1, 0.15) is 12.8 Å². The van der Waals surface area contributed by atoms with Gasteiger partial charge in [-0.1, -0.05) is 0 Å². The summed E-state index contributed by atoms with van der Waals surface area (Å²) >= 11 is 0. The first-order valence-corrected chi connectivity index (χ1v) is 15.0. The average Bonchev–Trinajstić information content (AvgIpc) is 3.00. The van der Waals surface area contributed by atoms with Crippen LogP contribution >= 0.6 is 0 Å². The minimum Gasteiger partial charge on any atom is -0.385 e. The molecule has 0 heterocycles. The van der Waals surface area contributed by atoms with Crippen molar-refractivity contribution in [2.24, 2.45) is 0 Å². The highest BCUT2D eigenvalue weighted by Crippen LogP contribution is 2.69. The minimum atomic E-state index is -10.1. The summed E-state index contributed by atoms with van der Waals surface area (Å²) in [5.41, 5.74) is 0. The van der Waals surface area contributed by atoms with Gasteiger partial charge < -0.3 is 25.7 Å². The molecule has 0 aliphatic rings. The van der Waals surface area contributed by atoms with E-state index in [1.165, 1.54) is 0 Å². The number of halogens is 29. The van der Waals surface area contributed by atoms with E-state index < -0.39 is 136 Å². The molecule has 0 saturated carbocycles. The SMILES string of the molecule is O=S(=O)(CCCNCCC(O)C(O)(O)O)C(F)(F)C(F)(F)C(F)(F)C(F)(F)C(F)(F)C(F)(F)C(F)(F)C(F)(F)C(F)(F)C(F)(F)C(F)(F)C(F)(F)C(F)(F)C(F)(F)F. The maximum atomic E-state index is 14.2. The lowest BCUT2D eigenvalue weighted by molar-refractivity contribution is -0.486. The fourth-order valence-electron chi connectivity index (χ4n) is 3.60. The second-order valence-corrected chi connectivity index (χ2v) is 13.5. The lowest BCUT2D eigenvalue weighted by Crippen LogP contribution is -2.79. The van der Waals surface area contributed by atoms with E-state index in [9.17, 15) is 136 Å². The predicted octanol–water partition coefficient (Wildman–Crippen LogP) is 6.54. The molecule has 0 aromatic heterocycles. The van der Waals surface area contributed by atoms with Gasteiger partial charge in [-0.2, -0.15) is 127 Å². The van der Waals surface area contributed by atoms with Crippen LogP contribution in [0.3, 0.4) is 0 Å². The van der Waals surface area contributed by atoms with Crippen LogP contribution in [-0.2, 0) is 9.84 Å². The molecule has 5 N–H and O–H groups in total. The van der Waals surface area contributed by atoms with E-state index in [-0.39, 0.29) is 0 Å². The van der Waals surface area contributed by atoms with Gasteiger partial charge in [-0.05, 0) is 25.9 Å². The highest BCUT2D eigenvalue weighted by atomic mass is 32.2. The van der Waals surface area contributed by atoms with Gasteiger partial charge in [-0.15, -0.1) is 0 Å². The van der Waals surface area contributed by atoms with E-state index in [4.69, 9.17) is 20.4 Å². The molecule has 7 nitrogen and oxygen atoms in total. The molecule has 1 atom stereocenters. The number of aliphatic hydroxyl groups is 4. The van der Waals surface area contributed by atoms with Crippen molar-refractivity contribution in [1.82, 2.24) is 5.32 Å². The zero-order chi connectivity index (χ0) is 47.8. The third kappa shape index (κ3) is 7.65. The van der Waals surface area contributed by atoms with Crippen molar-refractivity contribution in [2.75, 3.05) is 18.8 Å². The fourth-order valence-corrected chi connectivity index (χ4v) is 4.90. The maximum Gasteiger partial charge on any atom is 0.460 e. The fraction of sp³-hybridized carbons (Fsp3) is 1.00. The largest absolute Gasteiger partial charge is 0.460 e. The Morgan fingerprint density at radius 3 is 0.879 bits per heavy atom. The van der Waals surface area contributed by atoms with Gasteiger partial charge in [0.15, 0.2) is 0 Å². The van der Waals surface area contributed by atoms with Gasteiger partial charge in [-0.3, -0.25) is 0 Å². The zero-order valence-electron chi connectivity index (χ0n) is 26.1. The van der Waals surface area contributed by atoms with E-state index in [2.05, 4.69) is 0 Å². The summed E-state index contributed by atoms with van der Waals surface area (Å²) in [7, 11) is -7.65. The molecule has 350 valence electrons. The lowest BCUT2D eigenvalue weighted by atomic mass is 9.84. The topological polar surface area (TPSA) is 127 Å². The smallest absolute Gasteiger partial charge is 0.385 e. The van der Waals surface area contributed by atoms with Gasteiger partial charge in [0, 0.05) is 0 Å². The number of aliphatic hydroxyl groups excluding tert-OH is 1. The van der Waals surface area contributed by atoms with Crippen molar-refractivity contribution in [2.45, 2.75) is 107 Å². The summed E-state index contributed by atoms with van der Waals surface area (Å²) in [5, 5.41) is 28.5. The average molecular weight is 961 g/mol. The molecule has 0 saturated heterocycles. The summed E-state index contributed by atoms with van der Waals surface area (Å²) in [6.45, 7) is -2.07. The van der Waals surface area contributed by atoms with E-state index in [1.54, 1.807) is 5.32 Å². The Hall–Kier alpha value is -2.28. The van der Waals surface area contributed by atoms with Gasteiger partial charge in [0.2, 0.25) is 9.84 Å². The predicted molar refractivity (Wildman–Crippen MR) is 122 cm³/mol. The number of rotatable bonds is 21. The molecule has 1 unspecified atom stereocenters. The summed E-state index contributed by atoms with van der Waals surface area (Å²) in [5.74, 6) is -123. The number of hydrogen-bond acceptors (Lipinski definition) is 7. The van der Waals surface area contributed by atoms with Gasteiger partial charge in [-0.25, -0.2) is 8.42 Å². The summed E-state index contributed by atoms with van der Waals surface area (Å²) in [6.07, 6.45) is -13.5. The Labute approximate surface area is 298 Å². The zero-order valence-corrected chi connectivity index (χ0v) is 26.9. The minimum absolute atomic E-state index is 0.860. The maximum absolute atomic E-state index is 14.2. The summed E-state index contributed by atoms with van der Waals surface area (Å²) in [4.78, 5) is 0. The summed E-state index contributed by atoms with van der Waals surface area (Å²) < 4.78 is 418. The van der Waals surface area contributed by atoms with Gasteiger partial charge in [0.25, 0.3) is 0 Å². The first-order chi connectivity index (χ1) is 24.6. The molecule has 0 amide bonds. The molecular formula is C21H16F29NO6S. The molecule has 0 bridgehead atoms. The Balaban J connectivity index is 7.13. The number of alkyl halides is 29. The van der Waals surface area contributed by atoms with Crippen molar-refractivity contribution in [3.8, 4) is 0 Å². The Kier molecular flexibility index (Phi) is 14.4. The molecule has 0 aromatic rings. The number of hydrogen-bond donors (Lipinski definition) is 5. The van der Waals surface area contributed by atoms with Crippen molar-refractivity contribution in [3.05, 3.63) is 0 Å². The standard InChI is InChI=1S/C21H16F29NO6S/c22-8(23,10(26,27)12(30,31)14(34,35)16(38,39)18(42,43)20(46,47)48)9(24,25)11(28,29)13(32,33)15(36,37)17(40,41)19(44,45)21(49,50)58(56,57)5-1-3-51-4-2-6(52)7(53,54)55/h6,51-55H,1-5H2. The quantitative estimate of drug-likeness (QED) is 0.0503. The van der Waals surface area contributed by atoms with E-state index in [0.717, 1.165) is 0 Å². The second kappa shape index (κ2) is 15.0. The van der Waals surface area contributed by atoms with Gasteiger partial charge >= 0.3 is 88.5 Å². The van der Waals surface area contributed by atoms with Crippen LogP contribution in [0.25, 0.3) is 0 Å². The highest BCUT2D eigenvalue weighted by molar-refractivity contribution is 7.92. The number of sulfone groups is 1. The third-order valence-electron chi connectivity index (χ3n) is 7.26. The Bertz CT molecular complexity index is 1550.